The van der Waals surface area contributed by atoms with E-state index in [9.17, 15) is 0 Å². The van der Waals surface area contributed by atoms with E-state index in [1.807, 2.05) is 0 Å². The van der Waals surface area contributed by atoms with Crippen LogP contribution < -0.4 is 21.9 Å². The van der Waals surface area contributed by atoms with Gasteiger partial charge in [-0.3, -0.25) is 0 Å². The van der Waals surface area contributed by atoms with Crippen molar-refractivity contribution in [3.05, 3.63) is 119 Å². The minimum absolute atomic E-state index is 0.214. The van der Waals surface area contributed by atoms with Crippen LogP contribution in [0.3, 0.4) is 0 Å². The summed E-state index contributed by atoms with van der Waals surface area (Å²) in [6.45, 7) is 5.01. The quantitative estimate of drug-likeness (QED) is 0.163. The van der Waals surface area contributed by atoms with Crippen molar-refractivity contribution in [3.63, 3.8) is 0 Å². The van der Waals surface area contributed by atoms with Crippen molar-refractivity contribution in [1.82, 2.24) is 0 Å². The summed E-state index contributed by atoms with van der Waals surface area (Å²) in [7, 11) is 0. The van der Waals surface area contributed by atoms with E-state index < -0.39 is 0 Å². The van der Waals surface area contributed by atoms with Crippen LogP contribution in [0, 0.1) is 0 Å². The molecule has 7 rings (SSSR count). The van der Waals surface area contributed by atoms with Crippen molar-refractivity contribution >= 4 is 80.0 Å². The second-order valence-corrected chi connectivity index (χ2v) is 11.2. The molecule has 0 atom stereocenters. The van der Waals surface area contributed by atoms with Gasteiger partial charge < -0.3 is 0 Å². The Kier molecular flexibility index (Phi) is 5.65. The molecule has 0 saturated heterocycles. The van der Waals surface area contributed by atoms with Gasteiger partial charge in [-0.2, -0.15) is 0 Å². The molecule has 0 nitrogen and oxygen atoms in total. The Morgan fingerprint density at radius 3 is 1.16 bits per heavy atom. The molecule has 0 radical (unpaired) electrons. The van der Waals surface area contributed by atoms with E-state index in [0.29, 0.717) is 10.0 Å². The summed E-state index contributed by atoms with van der Waals surface area (Å²) in [5.41, 5.74) is 10.3. The number of fused-ring (bicyclic) bond motifs is 4. The molecule has 1 heterocycles. The first-order valence-electron chi connectivity index (χ1n) is 13.1. The van der Waals surface area contributed by atoms with Crippen molar-refractivity contribution in [2.45, 2.75) is 13.6 Å². The average molecular weight is 525 g/mol. The zero-order chi connectivity index (χ0) is 26.0. The summed E-state index contributed by atoms with van der Waals surface area (Å²) in [6.07, 6.45) is 0. The molecule has 0 saturated carbocycles. The second kappa shape index (κ2) is 9.09. The summed E-state index contributed by atoms with van der Waals surface area (Å²) < 4.78 is 0. The summed E-state index contributed by atoms with van der Waals surface area (Å²) in [5.74, 6) is 0. The van der Waals surface area contributed by atoms with Crippen LogP contribution in [0.2, 0.25) is 23.7 Å². The van der Waals surface area contributed by atoms with E-state index in [2.05, 4.69) is 123 Å². The molecule has 0 amide bonds. The fourth-order valence-corrected chi connectivity index (χ4v) is 6.84. The lowest BCUT2D eigenvalue weighted by Crippen LogP contribution is -2.66. The fraction of sp³-hybridized carbons (Fsp3) is 0.0588. The summed E-state index contributed by atoms with van der Waals surface area (Å²) >= 11 is 13.0. The third kappa shape index (κ3) is 3.55. The van der Waals surface area contributed by atoms with Gasteiger partial charge in [-0.05, 0) is 55.9 Å². The predicted octanol–water partition coefficient (Wildman–Crippen LogP) is 7.42. The smallest absolute Gasteiger partial charge is 0.0827 e. The van der Waals surface area contributed by atoms with Crippen LogP contribution in [0.1, 0.15) is 0 Å². The zero-order valence-electron chi connectivity index (χ0n) is 21.3. The van der Waals surface area contributed by atoms with Crippen LogP contribution >= 0.6 is 23.2 Å². The molecule has 38 heavy (non-hydrogen) atoms. The number of hydrogen-bond donors (Lipinski definition) is 0. The van der Waals surface area contributed by atoms with Gasteiger partial charge in [0.2, 0.25) is 13.4 Å². The lowest BCUT2D eigenvalue weighted by atomic mass is 9.25. The van der Waals surface area contributed by atoms with E-state index in [0.717, 1.165) is 0 Å². The Labute approximate surface area is 234 Å². The highest BCUT2D eigenvalue weighted by atomic mass is 35.5. The molecular formula is C34H24B2Cl2. The Morgan fingerprint density at radius 2 is 0.763 bits per heavy atom. The van der Waals surface area contributed by atoms with Crippen molar-refractivity contribution < 1.29 is 0 Å². The highest BCUT2D eigenvalue weighted by molar-refractivity contribution is 7.02. The summed E-state index contributed by atoms with van der Waals surface area (Å²) in [4.78, 5) is 0. The molecule has 6 aromatic carbocycles. The van der Waals surface area contributed by atoms with E-state index in [4.69, 9.17) is 23.2 Å². The molecule has 0 spiro atoms. The molecule has 1 aliphatic heterocycles. The lowest BCUT2D eigenvalue weighted by molar-refractivity contribution is 1.65. The molecule has 4 heteroatoms. The molecule has 1 aliphatic rings. The molecule has 0 N–H and O–H groups in total. The monoisotopic (exact) mass is 524 g/mol. The Hall–Kier alpha value is -3.45. The lowest BCUT2D eigenvalue weighted by Gasteiger charge is -2.30. The van der Waals surface area contributed by atoms with E-state index >= 15 is 0 Å². The van der Waals surface area contributed by atoms with Gasteiger partial charge in [0.05, 0.1) is 10.0 Å². The first kappa shape index (κ1) is 23.7. The summed E-state index contributed by atoms with van der Waals surface area (Å²) in [5, 5.41) is 6.37. The van der Waals surface area contributed by atoms with E-state index in [1.165, 1.54) is 65.6 Å². The van der Waals surface area contributed by atoms with Gasteiger partial charge in [0.25, 0.3) is 0 Å². The number of rotatable bonds is 2. The van der Waals surface area contributed by atoms with Gasteiger partial charge in [-0.25, -0.2) is 0 Å². The molecule has 0 aromatic heterocycles. The second-order valence-electron chi connectivity index (χ2n) is 10.4. The molecule has 0 aliphatic carbocycles. The SMILES string of the molecule is CB1c2cc(Cl)c(Cl)cc2B(C)c2cc3c(-c4ccccc4)c4ccccc4c(-c4ccccc4)c3cc21. The van der Waals surface area contributed by atoms with E-state index in [1.54, 1.807) is 0 Å². The fourth-order valence-electron chi connectivity index (χ4n) is 6.50. The predicted molar refractivity (Wildman–Crippen MR) is 171 cm³/mol. The van der Waals surface area contributed by atoms with Crippen LogP contribution in [0.4, 0.5) is 0 Å². The van der Waals surface area contributed by atoms with Gasteiger partial charge in [-0.15, -0.1) is 0 Å². The molecule has 0 fully saturated rings. The maximum atomic E-state index is 6.51. The van der Waals surface area contributed by atoms with Gasteiger partial charge in [-0.1, -0.05) is 156 Å². The Bertz CT molecular complexity index is 1730. The van der Waals surface area contributed by atoms with Crippen LogP contribution in [-0.2, 0) is 0 Å². The normalized spacial score (nSPS) is 12.6. The number of halogens is 2. The molecule has 0 unspecified atom stereocenters. The van der Waals surface area contributed by atoms with Gasteiger partial charge in [0.1, 0.15) is 0 Å². The highest BCUT2D eigenvalue weighted by Gasteiger charge is 2.33. The van der Waals surface area contributed by atoms with Gasteiger partial charge >= 0.3 is 0 Å². The van der Waals surface area contributed by atoms with Crippen LogP contribution in [0.15, 0.2) is 109 Å². The van der Waals surface area contributed by atoms with Crippen LogP contribution in [0.5, 0.6) is 0 Å². The first-order valence-corrected chi connectivity index (χ1v) is 13.9. The topological polar surface area (TPSA) is 0 Å². The van der Waals surface area contributed by atoms with Crippen molar-refractivity contribution in [2.75, 3.05) is 0 Å². The largest absolute Gasteiger partial charge is 0.204 e. The average Bonchev–Trinajstić information content (AvgIpc) is 2.96. The zero-order valence-corrected chi connectivity index (χ0v) is 22.8. The van der Waals surface area contributed by atoms with Crippen LogP contribution in [0.25, 0.3) is 43.8 Å². The van der Waals surface area contributed by atoms with Crippen LogP contribution in [-0.4, -0.2) is 13.4 Å². The third-order valence-corrected chi connectivity index (χ3v) is 9.07. The van der Waals surface area contributed by atoms with Gasteiger partial charge in [0, 0.05) is 0 Å². The van der Waals surface area contributed by atoms with Gasteiger partial charge in [0.15, 0.2) is 0 Å². The van der Waals surface area contributed by atoms with Crippen molar-refractivity contribution in [1.29, 1.82) is 0 Å². The maximum Gasteiger partial charge on any atom is 0.204 e. The maximum absolute atomic E-state index is 6.51. The Morgan fingerprint density at radius 1 is 0.421 bits per heavy atom. The molecule has 0 bridgehead atoms. The summed E-state index contributed by atoms with van der Waals surface area (Å²) in [6, 6.07) is 39.5. The standard InChI is InChI=1S/C34H24B2Cl2/c1-35-27-17-25-26(18-28(27)36(2)30-20-32(38)31(37)19-29(30)35)34(22-13-7-4-8-14-22)24-16-10-9-15-23(24)33(25)21-11-5-3-6-12-21/h3-20H,1-2H3. The Balaban J connectivity index is 1.65. The molecular weight excluding hydrogens is 501 g/mol. The number of hydrogen-bond acceptors (Lipinski definition) is 0. The minimum Gasteiger partial charge on any atom is -0.0827 e. The molecule has 180 valence electrons. The third-order valence-electron chi connectivity index (χ3n) is 8.34. The minimum atomic E-state index is 0.214. The first-order chi connectivity index (χ1) is 18.5. The highest BCUT2D eigenvalue weighted by Crippen LogP contribution is 2.43. The van der Waals surface area contributed by atoms with Crippen molar-refractivity contribution in [2.24, 2.45) is 0 Å². The van der Waals surface area contributed by atoms with Crippen molar-refractivity contribution in [3.8, 4) is 22.3 Å². The van der Waals surface area contributed by atoms with E-state index in [-0.39, 0.29) is 13.4 Å². The molecule has 6 aromatic rings. The number of benzene rings is 6.